The molecule has 6 heteroatoms. The number of nitrogens with zero attached hydrogens (tertiary/aromatic N) is 3. The third-order valence-electron chi connectivity index (χ3n) is 2.43. The molecule has 2 N–H and O–H groups in total. The Morgan fingerprint density at radius 2 is 1.94 bits per heavy atom. The van der Waals surface area contributed by atoms with Crippen molar-refractivity contribution in [2.45, 2.75) is 34.1 Å². The van der Waals surface area contributed by atoms with E-state index in [1.165, 1.54) is 0 Å². The van der Waals surface area contributed by atoms with Crippen molar-refractivity contribution >= 4 is 11.9 Å². The quantitative estimate of drug-likeness (QED) is 0.790. The summed E-state index contributed by atoms with van der Waals surface area (Å²) in [6, 6.07) is 0. The molecule has 1 aromatic heterocycles. The third-order valence-corrected chi connectivity index (χ3v) is 2.43. The van der Waals surface area contributed by atoms with Gasteiger partial charge in [-0.3, -0.25) is 4.79 Å². The molecule has 0 unspecified atom stereocenters. The molecule has 0 saturated carbocycles. The van der Waals surface area contributed by atoms with Gasteiger partial charge in [0.05, 0.1) is 11.4 Å². The number of rotatable bonds is 6. The highest BCUT2D eigenvalue weighted by molar-refractivity contribution is 5.76. The molecule has 0 spiro atoms. The van der Waals surface area contributed by atoms with Gasteiger partial charge in [0.25, 0.3) is 0 Å². The zero-order valence-corrected chi connectivity index (χ0v) is 11.4. The molecule has 0 fully saturated rings. The van der Waals surface area contributed by atoms with Gasteiger partial charge < -0.3 is 10.6 Å². The predicted octanol–water partition coefficient (Wildman–Crippen LogP) is 1.06. The second-order valence-electron chi connectivity index (χ2n) is 4.68. The van der Waals surface area contributed by atoms with E-state index in [9.17, 15) is 4.79 Å². The smallest absolute Gasteiger partial charge is 0.242 e. The lowest BCUT2D eigenvalue weighted by molar-refractivity contribution is -0.120. The minimum Gasteiger partial charge on any atom is -0.356 e. The number of nitrogens with one attached hydrogen (secondary N) is 2. The number of carbonyl (C=O) groups excluding carboxylic acids is 1. The van der Waals surface area contributed by atoms with E-state index < -0.39 is 0 Å². The standard InChI is InChI=1S/C12H21N5O/c1-8(2)7-14-11(18)5-6-13-12-15-9(3)10(4)16-17-12/h8H,5-7H2,1-4H3,(H,14,18)(H,13,15,17). The van der Waals surface area contributed by atoms with E-state index in [1.807, 2.05) is 13.8 Å². The summed E-state index contributed by atoms with van der Waals surface area (Å²) < 4.78 is 0. The predicted molar refractivity (Wildman–Crippen MR) is 70.3 cm³/mol. The lowest BCUT2D eigenvalue weighted by Gasteiger charge is -2.08. The van der Waals surface area contributed by atoms with E-state index in [4.69, 9.17) is 0 Å². The van der Waals surface area contributed by atoms with Crippen molar-refractivity contribution in [1.82, 2.24) is 20.5 Å². The summed E-state index contributed by atoms with van der Waals surface area (Å²) in [5.41, 5.74) is 1.66. The van der Waals surface area contributed by atoms with E-state index in [0.717, 1.165) is 11.4 Å². The number of carbonyl (C=O) groups is 1. The largest absolute Gasteiger partial charge is 0.356 e. The Morgan fingerprint density at radius 3 is 2.56 bits per heavy atom. The number of anilines is 1. The molecule has 18 heavy (non-hydrogen) atoms. The van der Waals surface area contributed by atoms with Gasteiger partial charge in [0.15, 0.2) is 0 Å². The van der Waals surface area contributed by atoms with Gasteiger partial charge in [0.2, 0.25) is 11.9 Å². The van der Waals surface area contributed by atoms with Gasteiger partial charge in [-0.15, -0.1) is 5.10 Å². The average Bonchev–Trinajstić information content (AvgIpc) is 2.31. The van der Waals surface area contributed by atoms with Gasteiger partial charge in [0, 0.05) is 19.5 Å². The summed E-state index contributed by atoms with van der Waals surface area (Å²) in [5, 5.41) is 13.7. The molecule has 6 nitrogen and oxygen atoms in total. The molecule has 1 rings (SSSR count). The second kappa shape index (κ2) is 6.88. The van der Waals surface area contributed by atoms with Crippen molar-refractivity contribution in [2.24, 2.45) is 5.92 Å². The van der Waals surface area contributed by atoms with Crippen LogP contribution in [0.4, 0.5) is 5.95 Å². The topological polar surface area (TPSA) is 79.8 Å². The van der Waals surface area contributed by atoms with Gasteiger partial charge in [-0.25, -0.2) is 4.98 Å². The average molecular weight is 251 g/mol. The summed E-state index contributed by atoms with van der Waals surface area (Å²) in [6.07, 6.45) is 0.406. The Hall–Kier alpha value is -1.72. The fraction of sp³-hybridized carbons (Fsp3) is 0.667. The Labute approximate surface area is 108 Å². The van der Waals surface area contributed by atoms with E-state index in [0.29, 0.717) is 31.4 Å². The van der Waals surface area contributed by atoms with Crippen LogP contribution in [0.5, 0.6) is 0 Å². The maximum absolute atomic E-state index is 11.5. The van der Waals surface area contributed by atoms with E-state index >= 15 is 0 Å². The van der Waals surface area contributed by atoms with E-state index in [-0.39, 0.29) is 5.91 Å². The Bertz CT molecular complexity index is 405. The van der Waals surface area contributed by atoms with E-state index in [2.05, 4.69) is 39.7 Å². The van der Waals surface area contributed by atoms with Crippen LogP contribution in [0.2, 0.25) is 0 Å². The molecule has 0 aliphatic rings. The van der Waals surface area contributed by atoms with E-state index in [1.54, 1.807) is 0 Å². The zero-order valence-electron chi connectivity index (χ0n) is 11.4. The van der Waals surface area contributed by atoms with Crippen LogP contribution in [0.25, 0.3) is 0 Å². The molecule has 0 aromatic carbocycles. The first-order valence-electron chi connectivity index (χ1n) is 6.17. The maximum Gasteiger partial charge on any atom is 0.242 e. The first kappa shape index (κ1) is 14.3. The number of hydrogen-bond acceptors (Lipinski definition) is 5. The molecule has 0 aliphatic heterocycles. The highest BCUT2D eigenvalue weighted by Crippen LogP contribution is 2.01. The summed E-state index contributed by atoms with van der Waals surface area (Å²) in [7, 11) is 0. The first-order chi connectivity index (χ1) is 8.49. The third kappa shape index (κ3) is 5.07. The molecular weight excluding hydrogens is 230 g/mol. The van der Waals surface area contributed by atoms with Crippen molar-refractivity contribution in [3.05, 3.63) is 11.4 Å². The van der Waals surface area contributed by atoms with Crippen molar-refractivity contribution in [1.29, 1.82) is 0 Å². The maximum atomic E-state index is 11.5. The molecule has 0 radical (unpaired) electrons. The SMILES string of the molecule is Cc1nnc(NCCC(=O)NCC(C)C)nc1C. The summed E-state index contributed by atoms with van der Waals surface area (Å²) >= 11 is 0. The molecule has 0 atom stereocenters. The number of amides is 1. The van der Waals surface area contributed by atoms with Crippen LogP contribution in [0.15, 0.2) is 0 Å². The van der Waals surface area contributed by atoms with Crippen molar-refractivity contribution in [3.8, 4) is 0 Å². The second-order valence-corrected chi connectivity index (χ2v) is 4.68. The highest BCUT2D eigenvalue weighted by Gasteiger charge is 2.04. The number of aromatic nitrogens is 3. The van der Waals surface area contributed by atoms with Crippen LogP contribution in [-0.2, 0) is 4.79 Å². The number of aryl methyl sites for hydroxylation is 2. The molecule has 0 saturated heterocycles. The molecular formula is C12H21N5O. The molecule has 0 aliphatic carbocycles. The van der Waals surface area contributed by atoms with Crippen LogP contribution in [0.3, 0.4) is 0 Å². The summed E-state index contributed by atoms with van der Waals surface area (Å²) in [4.78, 5) is 15.7. The van der Waals surface area contributed by atoms with Crippen molar-refractivity contribution < 1.29 is 4.79 Å². The first-order valence-corrected chi connectivity index (χ1v) is 6.17. The fourth-order valence-electron chi connectivity index (χ4n) is 1.23. The highest BCUT2D eigenvalue weighted by atomic mass is 16.1. The monoisotopic (exact) mass is 251 g/mol. The zero-order chi connectivity index (χ0) is 13.5. The Balaban J connectivity index is 2.28. The van der Waals surface area contributed by atoms with Gasteiger partial charge in [-0.05, 0) is 19.8 Å². The lowest BCUT2D eigenvalue weighted by atomic mass is 10.2. The fourth-order valence-corrected chi connectivity index (χ4v) is 1.23. The van der Waals surface area contributed by atoms with Gasteiger partial charge in [0.1, 0.15) is 0 Å². The van der Waals surface area contributed by atoms with Gasteiger partial charge in [-0.2, -0.15) is 5.10 Å². The Morgan fingerprint density at radius 1 is 1.22 bits per heavy atom. The normalized spacial score (nSPS) is 10.5. The Kier molecular flexibility index (Phi) is 5.48. The van der Waals surface area contributed by atoms with Gasteiger partial charge in [-0.1, -0.05) is 13.8 Å². The van der Waals surface area contributed by atoms with Crippen LogP contribution < -0.4 is 10.6 Å². The minimum atomic E-state index is 0.0352. The molecule has 100 valence electrons. The molecule has 1 amide bonds. The lowest BCUT2D eigenvalue weighted by Crippen LogP contribution is -2.28. The molecule has 1 aromatic rings. The molecule has 1 heterocycles. The van der Waals surface area contributed by atoms with Gasteiger partial charge >= 0.3 is 0 Å². The van der Waals surface area contributed by atoms with Crippen LogP contribution in [0.1, 0.15) is 31.7 Å². The molecule has 0 bridgehead atoms. The van der Waals surface area contributed by atoms with Crippen molar-refractivity contribution in [3.63, 3.8) is 0 Å². The van der Waals surface area contributed by atoms with Crippen molar-refractivity contribution in [2.75, 3.05) is 18.4 Å². The summed E-state index contributed by atoms with van der Waals surface area (Å²) in [6.45, 7) is 9.08. The minimum absolute atomic E-state index is 0.0352. The summed E-state index contributed by atoms with van der Waals surface area (Å²) in [5.74, 6) is 0.969. The van der Waals surface area contributed by atoms with Crippen LogP contribution >= 0.6 is 0 Å². The number of hydrogen-bond donors (Lipinski definition) is 2. The van der Waals surface area contributed by atoms with Crippen LogP contribution in [-0.4, -0.2) is 34.2 Å². The van der Waals surface area contributed by atoms with Crippen LogP contribution in [0, 0.1) is 19.8 Å².